The molecular weight excluding hydrogens is 332 g/mol. The monoisotopic (exact) mass is 358 g/mol. The Labute approximate surface area is 153 Å². The number of aliphatic hydroxyl groups excluding tert-OH is 1. The highest BCUT2D eigenvalue weighted by Crippen LogP contribution is 2.23. The Morgan fingerprint density at radius 3 is 2.88 bits per heavy atom. The molecule has 26 heavy (non-hydrogen) atoms. The quantitative estimate of drug-likeness (QED) is 0.803. The van der Waals surface area contributed by atoms with Crippen molar-refractivity contribution in [2.24, 2.45) is 5.92 Å². The number of aromatic nitrogens is 1. The molecular formula is C20H26N2O4. The van der Waals surface area contributed by atoms with Crippen LogP contribution in [0, 0.1) is 5.92 Å². The lowest BCUT2D eigenvalue weighted by atomic mass is 10.1. The largest absolute Gasteiger partial charge is 0.396 e. The number of hydrogen-bond acceptors (Lipinski definition) is 4. The molecule has 0 bridgehead atoms. The second kappa shape index (κ2) is 8.47. The van der Waals surface area contributed by atoms with Gasteiger partial charge in [-0.2, -0.15) is 0 Å². The normalized spacial score (nSPS) is 18.1. The Hall–Kier alpha value is -2.18. The van der Waals surface area contributed by atoms with Gasteiger partial charge in [-0.3, -0.25) is 9.59 Å². The highest BCUT2D eigenvalue weighted by atomic mass is 16.5. The molecule has 2 heterocycles. The maximum absolute atomic E-state index is 12.8. The second-order valence-corrected chi connectivity index (χ2v) is 6.82. The number of amides is 1. The average Bonchev–Trinajstić information content (AvgIpc) is 2.84. The first-order valence-corrected chi connectivity index (χ1v) is 9.21. The predicted molar refractivity (Wildman–Crippen MR) is 99.2 cm³/mol. The number of ketones is 1. The van der Waals surface area contributed by atoms with Crippen LogP contribution in [-0.4, -0.2) is 59.2 Å². The number of carbonyl (C=O) groups is 2. The van der Waals surface area contributed by atoms with Crippen molar-refractivity contribution in [3.05, 3.63) is 36.0 Å². The number of rotatable bonds is 6. The maximum atomic E-state index is 12.8. The number of hydrogen-bond donors (Lipinski definition) is 1. The molecule has 0 radical (unpaired) electrons. The topological polar surface area (TPSA) is 71.8 Å². The van der Waals surface area contributed by atoms with Gasteiger partial charge in [-0.25, -0.2) is 0 Å². The molecule has 1 amide bonds. The number of benzene rings is 1. The van der Waals surface area contributed by atoms with Gasteiger partial charge in [0.05, 0.1) is 13.2 Å². The molecule has 0 aliphatic carbocycles. The van der Waals surface area contributed by atoms with Crippen LogP contribution in [0.25, 0.3) is 10.9 Å². The van der Waals surface area contributed by atoms with Crippen LogP contribution in [0.2, 0.25) is 0 Å². The zero-order valence-corrected chi connectivity index (χ0v) is 15.2. The van der Waals surface area contributed by atoms with E-state index in [0.717, 1.165) is 17.3 Å². The molecule has 1 aliphatic rings. The van der Waals surface area contributed by atoms with Crippen LogP contribution in [0.3, 0.4) is 0 Å². The zero-order valence-electron chi connectivity index (χ0n) is 15.2. The fraction of sp³-hybridized carbons (Fsp3) is 0.500. The second-order valence-electron chi connectivity index (χ2n) is 6.82. The van der Waals surface area contributed by atoms with Crippen LogP contribution in [0.1, 0.15) is 30.1 Å². The van der Waals surface area contributed by atoms with Gasteiger partial charge in [0.2, 0.25) is 5.91 Å². The van der Waals surface area contributed by atoms with Gasteiger partial charge in [0.25, 0.3) is 0 Å². The minimum absolute atomic E-state index is 0.00585. The summed E-state index contributed by atoms with van der Waals surface area (Å²) in [5, 5.41) is 10.3. The Balaban J connectivity index is 1.84. The Morgan fingerprint density at radius 2 is 2.12 bits per heavy atom. The molecule has 3 rings (SSSR count). The highest BCUT2D eigenvalue weighted by molar-refractivity contribution is 6.08. The Bertz CT molecular complexity index is 783. The van der Waals surface area contributed by atoms with E-state index in [1.165, 1.54) is 0 Å². The summed E-state index contributed by atoms with van der Waals surface area (Å²) in [6, 6.07) is 7.70. The van der Waals surface area contributed by atoms with Gasteiger partial charge in [-0.1, -0.05) is 25.1 Å². The molecule has 6 heteroatoms. The van der Waals surface area contributed by atoms with Gasteiger partial charge in [-0.15, -0.1) is 0 Å². The maximum Gasteiger partial charge on any atom is 0.242 e. The molecule has 1 aliphatic heterocycles. The lowest BCUT2D eigenvalue weighted by molar-refractivity contribution is -0.132. The van der Waals surface area contributed by atoms with E-state index in [1.807, 2.05) is 35.8 Å². The number of nitrogens with zero attached hydrogens (tertiary/aromatic N) is 2. The molecule has 1 N–H and O–H groups in total. The van der Waals surface area contributed by atoms with Crippen molar-refractivity contribution in [1.29, 1.82) is 0 Å². The van der Waals surface area contributed by atoms with Crippen molar-refractivity contribution >= 4 is 22.6 Å². The van der Waals surface area contributed by atoms with Gasteiger partial charge in [-0.05, 0) is 12.5 Å². The van der Waals surface area contributed by atoms with Crippen molar-refractivity contribution in [3.8, 4) is 0 Å². The molecule has 6 nitrogen and oxygen atoms in total. The summed E-state index contributed by atoms with van der Waals surface area (Å²) in [7, 11) is 0. The number of ether oxygens (including phenoxy) is 1. The lowest BCUT2D eigenvalue weighted by Gasteiger charge is -2.23. The smallest absolute Gasteiger partial charge is 0.242 e. The van der Waals surface area contributed by atoms with Crippen LogP contribution in [0.4, 0.5) is 0 Å². The average molecular weight is 358 g/mol. The van der Waals surface area contributed by atoms with Crippen LogP contribution < -0.4 is 0 Å². The van der Waals surface area contributed by atoms with Gasteiger partial charge >= 0.3 is 0 Å². The predicted octanol–water partition coefficient (Wildman–Crippen LogP) is 2.09. The molecule has 140 valence electrons. The Morgan fingerprint density at radius 1 is 1.31 bits per heavy atom. The van der Waals surface area contributed by atoms with Crippen molar-refractivity contribution in [3.63, 3.8) is 0 Å². The van der Waals surface area contributed by atoms with Gasteiger partial charge in [0, 0.05) is 54.7 Å². The number of aliphatic hydroxyl groups is 1. The summed E-state index contributed by atoms with van der Waals surface area (Å²) in [5.41, 5.74) is 1.58. The van der Waals surface area contributed by atoms with E-state index < -0.39 is 0 Å². The summed E-state index contributed by atoms with van der Waals surface area (Å²) in [6.07, 6.45) is 3.11. The van der Waals surface area contributed by atoms with Crippen LogP contribution in [-0.2, 0) is 16.1 Å². The molecule has 1 unspecified atom stereocenters. The van der Waals surface area contributed by atoms with Crippen molar-refractivity contribution < 1.29 is 19.4 Å². The molecule has 2 aromatic rings. The molecule has 1 saturated heterocycles. The van der Waals surface area contributed by atoms with Gasteiger partial charge in [0.1, 0.15) is 6.54 Å². The number of Topliss-reactive ketones (excluding diaryl/α,β-unsaturated/α-hetero) is 1. The minimum atomic E-state index is -0.0513. The fourth-order valence-electron chi connectivity index (χ4n) is 3.42. The van der Waals surface area contributed by atoms with Crippen LogP contribution in [0.15, 0.2) is 30.5 Å². The molecule has 1 atom stereocenters. The van der Waals surface area contributed by atoms with E-state index in [0.29, 0.717) is 38.3 Å². The van der Waals surface area contributed by atoms with E-state index in [9.17, 15) is 14.7 Å². The van der Waals surface area contributed by atoms with E-state index in [4.69, 9.17) is 4.74 Å². The standard InChI is InChI=1S/C20H26N2O4/c1-2-5-19(24)17-11-22(18-7-4-3-6-16(17)18)12-20(25)21-8-9-26-14-15(10-21)13-23/h3-4,6-7,11,15,23H,2,5,8-10,12-14H2,1H3. The SMILES string of the molecule is CCCC(=O)c1cn(CC(=O)N2CCOCC(CO)C2)c2ccccc12. The summed E-state index contributed by atoms with van der Waals surface area (Å²) in [6.45, 7) is 4.15. The van der Waals surface area contributed by atoms with E-state index >= 15 is 0 Å². The van der Waals surface area contributed by atoms with E-state index in [-0.39, 0.29) is 30.8 Å². The zero-order chi connectivity index (χ0) is 18.5. The molecule has 1 aromatic carbocycles. The van der Waals surface area contributed by atoms with Gasteiger partial charge < -0.3 is 19.3 Å². The van der Waals surface area contributed by atoms with Crippen molar-refractivity contribution in [2.45, 2.75) is 26.3 Å². The van der Waals surface area contributed by atoms with Crippen molar-refractivity contribution in [1.82, 2.24) is 9.47 Å². The molecule has 0 saturated carbocycles. The molecule has 1 aromatic heterocycles. The van der Waals surface area contributed by atoms with E-state index in [1.54, 1.807) is 11.1 Å². The Kier molecular flexibility index (Phi) is 6.06. The third-order valence-electron chi connectivity index (χ3n) is 4.82. The number of carbonyl (C=O) groups excluding carboxylic acids is 2. The van der Waals surface area contributed by atoms with Crippen molar-refractivity contribution in [2.75, 3.05) is 32.9 Å². The summed E-state index contributed by atoms with van der Waals surface area (Å²) >= 11 is 0. The van der Waals surface area contributed by atoms with Gasteiger partial charge in [0.15, 0.2) is 5.78 Å². The highest BCUT2D eigenvalue weighted by Gasteiger charge is 2.23. The third-order valence-corrected chi connectivity index (χ3v) is 4.82. The first kappa shape index (κ1) is 18.6. The van der Waals surface area contributed by atoms with Crippen LogP contribution >= 0.6 is 0 Å². The first-order chi connectivity index (χ1) is 12.6. The summed E-state index contributed by atoms with van der Waals surface area (Å²) < 4.78 is 7.32. The van der Waals surface area contributed by atoms with Crippen LogP contribution in [0.5, 0.6) is 0 Å². The summed E-state index contributed by atoms with van der Waals surface area (Å²) in [5.74, 6) is 0.0344. The molecule has 1 fully saturated rings. The fourth-order valence-corrected chi connectivity index (χ4v) is 3.42. The number of fused-ring (bicyclic) bond motifs is 1. The third kappa shape index (κ3) is 3.97. The number of para-hydroxylation sites is 1. The summed E-state index contributed by atoms with van der Waals surface area (Å²) in [4.78, 5) is 27.0. The molecule has 0 spiro atoms. The minimum Gasteiger partial charge on any atom is -0.396 e. The lowest BCUT2D eigenvalue weighted by Crippen LogP contribution is -2.38. The van der Waals surface area contributed by atoms with E-state index in [2.05, 4.69) is 0 Å². The first-order valence-electron chi connectivity index (χ1n) is 9.21.